The number of benzene rings is 1. The first-order valence-corrected chi connectivity index (χ1v) is 9.39. The molecule has 22 heavy (non-hydrogen) atoms. The largest absolute Gasteiger partial charge is 0.336 e. The van der Waals surface area contributed by atoms with E-state index in [0.717, 1.165) is 36.2 Å². The summed E-state index contributed by atoms with van der Waals surface area (Å²) in [6, 6.07) is 8.37. The standard InChI is InChI=1S/C16H19BrN2O2S/c17-13-4-1-3-12(11-13)14-5-2-7-19(14)15(20)6-8-18-9-10-22-16(18)21/h1,3-4,11,14H,2,5-10H2. The fourth-order valence-corrected chi connectivity index (χ4v) is 4.40. The minimum absolute atomic E-state index is 0.109. The Morgan fingerprint density at radius 1 is 1.36 bits per heavy atom. The molecule has 0 aromatic heterocycles. The van der Waals surface area contributed by atoms with E-state index in [9.17, 15) is 9.59 Å². The van der Waals surface area contributed by atoms with Gasteiger partial charge in [0, 0.05) is 36.3 Å². The van der Waals surface area contributed by atoms with Gasteiger partial charge in [-0.1, -0.05) is 39.8 Å². The van der Waals surface area contributed by atoms with Crippen molar-refractivity contribution in [3.05, 3.63) is 34.3 Å². The van der Waals surface area contributed by atoms with Gasteiger partial charge in [0.1, 0.15) is 0 Å². The molecule has 0 N–H and O–H groups in total. The van der Waals surface area contributed by atoms with Crippen LogP contribution in [0.2, 0.25) is 0 Å². The first-order valence-electron chi connectivity index (χ1n) is 7.62. The van der Waals surface area contributed by atoms with Crippen LogP contribution in [0.4, 0.5) is 4.79 Å². The Kier molecular flexibility index (Phi) is 5.08. The summed E-state index contributed by atoms with van der Waals surface area (Å²) in [5.74, 6) is 1.00. The summed E-state index contributed by atoms with van der Waals surface area (Å²) in [5, 5.41) is 0.109. The van der Waals surface area contributed by atoms with E-state index in [1.807, 2.05) is 17.0 Å². The Morgan fingerprint density at radius 2 is 2.23 bits per heavy atom. The van der Waals surface area contributed by atoms with Crippen LogP contribution in [0.15, 0.2) is 28.7 Å². The summed E-state index contributed by atoms with van der Waals surface area (Å²) < 4.78 is 1.05. The van der Waals surface area contributed by atoms with E-state index >= 15 is 0 Å². The van der Waals surface area contributed by atoms with Crippen molar-refractivity contribution < 1.29 is 9.59 Å². The molecule has 2 amide bonds. The van der Waals surface area contributed by atoms with Gasteiger partial charge in [-0.25, -0.2) is 0 Å². The molecule has 0 radical (unpaired) electrons. The maximum Gasteiger partial charge on any atom is 0.281 e. The fraction of sp³-hybridized carbons (Fsp3) is 0.500. The topological polar surface area (TPSA) is 40.6 Å². The molecule has 2 fully saturated rings. The van der Waals surface area contributed by atoms with Gasteiger partial charge in [0.05, 0.1) is 6.04 Å². The van der Waals surface area contributed by atoms with Crippen LogP contribution in [0.5, 0.6) is 0 Å². The number of carbonyl (C=O) groups is 2. The summed E-state index contributed by atoms with van der Waals surface area (Å²) in [7, 11) is 0. The van der Waals surface area contributed by atoms with Crippen LogP contribution >= 0.6 is 27.7 Å². The molecule has 6 heteroatoms. The predicted octanol–water partition coefficient (Wildman–Crippen LogP) is 3.67. The number of nitrogens with zero attached hydrogens (tertiary/aromatic N) is 2. The number of thioether (sulfide) groups is 1. The number of rotatable bonds is 4. The molecule has 118 valence electrons. The van der Waals surface area contributed by atoms with Crippen molar-refractivity contribution in [2.24, 2.45) is 0 Å². The Bertz CT molecular complexity index is 581. The molecular weight excluding hydrogens is 364 g/mol. The molecular formula is C16H19BrN2O2S. The maximum absolute atomic E-state index is 12.5. The van der Waals surface area contributed by atoms with Crippen LogP contribution < -0.4 is 0 Å². The van der Waals surface area contributed by atoms with Gasteiger partial charge in [0.25, 0.3) is 5.24 Å². The van der Waals surface area contributed by atoms with Crippen molar-refractivity contribution in [3.63, 3.8) is 0 Å². The lowest BCUT2D eigenvalue weighted by Gasteiger charge is -2.26. The van der Waals surface area contributed by atoms with Crippen LogP contribution in [-0.4, -0.2) is 46.3 Å². The van der Waals surface area contributed by atoms with Gasteiger partial charge in [-0.15, -0.1) is 0 Å². The van der Waals surface area contributed by atoms with E-state index in [-0.39, 0.29) is 17.2 Å². The van der Waals surface area contributed by atoms with Crippen molar-refractivity contribution in [2.45, 2.75) is 25.3 Å². The van der Waals surface area contributed by atoms with Crippen LogP contribution in [0, 0.1) is 0 Å². The van der Waals surface area contributed by atoms with E-state index < -0.39 is 0 Å². The minimum Gasteiger partial charge on any atom is -0.336 e. The van der Waals surface area contributed by atoms with Crippen molar-refractivity contribution >= 4 is 38.8 Å². The van der Waals surface area contributed by atoms with E-state index in [1.54, 1.807) is 4.90 Å². The summed E-state index contributed by atoms with van der Waals surface area (Å²) in [4.78, 5) is 27.9. The lowest BCUT2D eigenvalue weighted by atomic mass is 10.0. The van der Waals surface area contributed by atoms with Gasteiger partial charge in [0.15, 0.2) is 0 Å². The van der Waals surface area contributed by atoms with Crippen molar-refractivity contribution in [1.29, 1.82) is 0 Å². The summed E-state index contributed by atoms with van der Waals surface area (Å²) in [6.07, 6.45) is 2.49. The lowest BCUT2D eigenvalue weighted by Crippen LogP contribution is -2.34. The fourth-order valence-electron chi connectivity index (χ4n) is 3.13. The van der Waals surface area contributed by atoms with Gasteiger partial charge >= 0.3 is 0 Å². The van der Waals surface area contributed by atoms with Crippen molar-refractivity contribution in [3.8, 4) is 0 Å². The van der Waals surface area contributed by atoms with E-state index in [0.29, 0.717) is 13.0 Å². The zero-order valence-electron chi connectivity index (χ0n) is 12.3. The molecule has 0 spiro atoms. The van der Waals surface area contributed by atoms with Gasteiger partial charge in [-0.05, 0) is 30.5 Å². The van der Waals surface area contributed by atoms with E-state index in [2.05, 4.69) is 28.1 Å². The molecule has 1 aromatic carbocycles. The van der Waals surface area contributed by atoms with Gasteiger partial charge in [0.2, 0.25) is 5.91 Å². The predicted molar refractivity (Wildman–Crippen MR) is 91.9 cm³/mol. The normalized spacial score (nSPS) is 21.7. The first kappa shape index (κ1) is 15.9. The Labute approximate surface area is 143 Å². The summed E-state index contributed by atoms with van der Waals surface area (Å²) in [5.41, 5.74) is 1.19. The third-order valence-electron chi connectivity index (χ3n) is 4.25. The second kappa shape index (κ2) is 7.04. The third-order valence-corrected chi connectivity index (χ3v) is 5.63. The van der Waals surface area contributed by atoms with Crippen molar-refractivity contribution in [2.75, 3.05) is 25.4 Å². The molecule has 2 saturated heterocycles. The first-order chi connectivity index (χ1) is 10.6. The monoisotopic (exact) mass is 382 g/mol. The molecule has 2 aliphatic heterocycles. The SMILES string of the molecule is O=C1SCCN1CCC(=O)N1CCCC1c1cccc(Br)c1. The Balaban J connectivity index is 1.62. The molecule has 2 aliphatic rings. The van der Waals surface area contributed by atoms with Gasteiger partial charge in [-0.3, -0.25) is 9.59 Å². The number of halogens is 1. The van der Waals surface area contributed by atoms with Gasteiger partial charge < -0.3 is 9.80 Å². The van der Waals surface area contributed by atoms with Crippen LogP contribution in [0.1, 0.15) is 30.9 Å². The number of likely N-dealkylation sites (tertiary alicyclic amines) is 1. The zero-order valence-corrected chi connectivity index (χ0v) is 14.7. The van der Waals surface area contributed by atoms with Gasteiger partial charge in [-0.2, -0.15) is 0 Å². The quantitative estimate of drug-likeness (QED) is 0.797. The molecule has 1 atom stereocenters. The number of amides is 2. The molecule has 0 aliphatic carbocycles. The Hall–Kier alpha value is -1.01. The molecule has 1 unspecified atom stereocenters. The number of hydrogen-bond donors (Lipinski definition) is 0. The third kappa shape index (κ3) is 3.49. The average Bonchev–Trinajstić information content (AvgIpc) is 3.14. The highest BCUT2D eigenvalue weighted by Crippen LogP contribution is 2.33. The zero-order chi connectivity index (χ0) is 15.5. The smallest absolute Gasteiger partial charge is 0.281 e. The molecule has 0 saturated carbocycles. The molecule has 2 heterocycles. The maximum atomic E-state index is 12.5. The Morgan fingerprint density at radius 3 is 2.95 bits per heavy atom. The lowest BCUT2D eigenvalue weighted by molar-refractivity contribution is -0.132. The van der Waals surface area contributed by atoms with Crippen molar-refractivity contribution in [1.82, 2.24) is 9.80 Å². The average molecular weight is 383 g/mol. The van der Waals surface area contributed by atoms with Crippen LogP contribution in [-0.2, 0) is 4.79 Å². The highest BCUT2D eigenvalue weighted by atomic mass is 79.9. The summed E-state index contributed by atoms with van der Waals surface area (Å²) >= 11 is 4.84. The van der Waals surface area contributed by atoms with E-state index in [1.165, 1.54) is 17.3 Å². The highest BCUT2D eigenvalue weighted by Gasteiger charge is 2.30. The molecule has 3 rings (SSSR count). The molecule has 4 nitrogen and oxygen atoms in total. The summed E-state index contributed by atoms with van der Waals surface area (Å²) in [6.45, 7) is 2.14. The van der Waals surface area contributed by atoms with Crippen LogP contribution in [0.25, 0.3) is 0 Å². The van der Waals surface area contributed by atoms with Crippen LogP contribution in [0.3, 0.4) is 0 Å². The number of carbonyl (C=O) groups excluding carboxylic acids is 2. The number of hydrogen-bond acceptors (Lipinski definition) is 3. The second-order valence-corrected chi connectivity index (χ2v) is 7.61. The minimum atomic E-state index is 0.109. The molecule has 0 bridgehead atoms. The molecule has 1 aromatic rings. The second-order valence-electron chi connectivity index (χ2n) is 5.65. The van der Waals surface area contributed by atoms with E-state index in [4.69, 9.17) is 0 Å². The highest BCUT2D eigenvalue weighted by molar-refractivity contribution is 9.10.